The Kier molecular flexibility index (Phi) is 9.27. The first kappa shape index (κ1) is 24.9. The van der Waals surface area contributed by atoms with Gasteiger partial charge in [0.15, 0.2) is 0 Å². The zero-order valence-corrected chi connectivity index (χ0v) is 20.5. The normalized spacial score (nSPS) is 15.2. The third-order valence-corrected chi connectivity index (χ3v) is 6.80. The van der Waals surface area contributed by atoms with Gasteiger partial charge in [0.1, 0.15) is 6.04 Å². The molecule has 1 unspecified atom stereocenters. The van der Waals surface area contributed by atoms with Crippen LogP contribution in [-0.4, -0.2) is 28.8 Å². The zero-order valence-electron chi connectivity index (χ0n) is 18.3. The second-order valence-corrected chi connectivity index (χ2v) is 9.61. The molecule has 3 rings (SSSR count). The predicted molar refractivity (Wildman–Crippen MR) is 131 cm³/mol. The second-order valence-electron chi connectivity index (χ2n) is 8.33. The van der Waals surface area contributed by atoms with E-state index in [9.17, 15) is 9.59 Å². The third kappa shape index (κ3) is 6.87. The highest BCUT2D eigenvalue weighted by Gasteiger charge is 2.30. The summed E-state index contributed by atoms with van der Waals surface area (Å²) < 4.78 is 0. The van der Waals surface area contributed by atoms with Crippen LogP contribution in [0, 0.1) is 0 Å². The number of benzene rings is 2. The Morgan fingerprint density at radius 2 is 1.66 bits per heavy atom. The molecular formula is C25H29Cl3N2O2. The molecule has 1 N–H and O–H groups in total. The van der Waals surface area contributed by atoms with Crippen LogP contribution in [0.3, 0.4) is 0 Å². The van der Waals surface area contributed by atoms with Crippen molar-refractivity contribution in [2.75, 3.05) is 0 Å². The maximum absolute atomic E-state index is 13.4. The molecule has 32 heavy (non-hydrogen) atoms. The smallest absolute Gasteiger partial charge is 0.243 e. The lowest BCUT2D eigenvalue weighted by molar-refractivity contribution is -0.141. The average molecular weight is 496 g/mol. The molecule has 7 heteroatoms. The Bertz CT molecular complexity index is 927. The van der Waals surface area contributed by atoms with Gasteiger partial charge in [-0.05, 0) is 54.7 Å². The van der Waals surface area contributed by atoms with E-state index in [4.69, 9.17) is 34.8 Å². The van der Waals surface area contributed by atoms with Crippen molar-refractivity contribution in [1.29, 1.82) is 0 Å². The number of halogens is 3. The first-order valence-electron chi connectivity index (χ1n) is 11.2. The summed E-state index contributed by atoms with van der Waals surface area (Å²) in [6, 6.07) is 12.1. The summed E-state index contributed by atoms with van der Waals surface area (Å²) in [6.07, 6.45) is 6.07. The molecule has 1 atom stereocenters. The number of carbonyl (C=O) groups is 2. The topological polar surface area (TPSA) is 49.4 Å². The standard InChI is InChI=1S/C25H29Cl3N2O2/c1-2-23(25(32)29-21-6-4-3-5-7-21)30(16-17-8-11-19(26)12-9-17)24(31)14-18-10-13-20(27)15-22(18)28/h8-13,15,21,23H,2-7,14,16H2,1H3,(H,29,32). The molecule has 0 heterocycles. The Balaban J connectivity index is 1.82. The Morgan fingerprint density at radius 3 is 2.28 bits per heavy atom. The fourth-order valence-electron chi connectivity index (χ4n) is 4.18. The molecule has 0 bridgehead atoms. The minimum absolute atomic E-state index is 0.0936. The minimum atomic E-state index is -0.564. The van der Waals surface area contributed by atoms with Gasteiger partial charge in [-0.2, -0.15) is 0 Å². The number of hydrogen-bond donors (Lipinski definition) is 1. The van der Waals surface area contributed by atoms with E-state index in [-0.39, 0.29) is 24.3 Å². The summed E-state index contributed by atoms with van der Waals surface area (Å²) in [4.78, 5) is 28.3. The van der Waals surface area contributed by atoms with Gasteiger partial charge in [-0.3, -0.25) is 9.59 Å². The van der Waals surface area contributed by atoms with Crippen molar-refractivity contribution < 1.29 is 9.59 Å². The van der Waals surface area contributed by atoms with E-state index < -0.39 is 6.04 Å². The van der Waals surface area contributed by atoms with Gasteiger partial charge in [-0.25, -0.2) is 0 Å². The van der Waals surface area contributed by atoms with Crippen molar-refractivity contribution in [2.24, 2.45) is 0 Å². The lowest BCUT2D eigenvalue weighted by Crippen LogP contribution is -2.52. The Morgan fingerprint density at radius 1 is 1.00 bits per heavy atom. The number of hydrogen-bond acceptors (Lipinski definition) is 2. The summed E-state index contributed by atoms with van der Waals surface area (Å²) in [5.41, 5.74) is 1.60. The van der Waals surface area contributed by atoms with Crippen LogP contribution >= 0.6 is 34.8 Å². The predicted octanol–water partition coefficient (Wildman–Crippen LogP) is 6.45. The van der Waals surface area contributed by atoms with Gasteiger partial charge >= 0.3 is 0 Å². The van der Waals surface area contributed by atoms with E-state index in [0.29, 0.717) is 33.6 Å². The van der Waals surface area contributed by atoms with E-state index in [1.54, 1.807) is 35.2 Å². The van der Waals surface area contributed by atoms with Gasteiger partial charge < -0.3 is 10.2 Å². The van der Waals surface area contributed by atoms with Gasteiger partial charge in [0, 0.05) is 27.7 Å². The van der Waals surface area contributed by atoms with Gasteiger partial charge in [0.05, 0.1) is 6.42 Å². The number of nitrogens with zero attached hydrogens (tertiary/aromatic N) is 1. The van der Waals surface area contributed by atoms with Crippen molar-refractivity contribution >= 4 is 46.6 Å². The number of rotatable bonds is 8. The molecule has 1 fully saturated rings. The van der Waals surface area contributed by atoms with Gasteiger partial charge in [-0.15, -0.1) is 0 Å². The fraction of sp³-hybridized carbons (Fsp3) is 0.440. The fourth-order valence-corrected chi connectivity index (χ4v) is 4.78. The van der Waals surface area contributed by atoms with Crippen LogP contribution < -0.4 is 5.32 Å². The molecule has 0 radical (unpaired) electrons. The second kappa shape index (κ2) is 11.9. The van der Waals surface area contributed by atoms with Gasteiger partial charge in [0.25, 0.3) is 0 Å². The molecule has 0 saturated heterocycles. The lowest BCUT2D eigenvalue weighted by atomic mass is 9.95. The van der Waals surface area contributed by atoms with Crippen molar-refractivity contribution in [3.63, 3.8) is 0 Å². The zero-order chi connectivity index (χ0) is 23.1. The number of amides is 2. The van der Waals surface area contributed by atoms with Crippen LogP contribution in [0.15, 0.2) is 42.5 Å². The van der Waals surface area contributed by atoms with Crippen LogP contribution in [-0.2, 0) is 22.6 Å². The van der Waals surface area contributed by atoms with Crippen molar-refractivity contribution in [3.8, 4) is 0 Å². The third-order valence-electron chi connectivity index (χ3n) is 5.96. The van der Waals surface area contributed by atoms with E-state index in [0.717, 1.165) is 31.2 Å². The molecule has 1 aliphatic carbocycles. The molecule has 1 saturated carbocycles. The first-order chi connectivity index (χ1) is 15.4. The minimum Gasteiger partial charge on any atom is -0.352 e. The summed E-state index contributed by atoms with van der Waals surface area (Å²) in [6.45, 7) is 2.25. The summed E-state index contributed by atoms with van der Waals surface area (Å²) in [5.74, 6) is -0.251. The molecular weight excluding hydrogens is 467 g/mol. The molecule has 4 nitrogen and oxygen atoms in total. The lowest BCUT2D eigenvalue weighted by Gasteiger charge is -2.33. The highest BCUT2D eigenvalue weighted by Crippen LogP contribution is 2.24. The van der Waals surface area contributed by atoms with E-state index >= 15 is 0 Å². The van der Waals surface area contributed by atoms with E-state index in [1.165, 1.54) is 6.42 Å². The van der Waals surface area contributed by atoms with Crippen LogP contribution in [0.25, 0.3) is 0 Å². The SMILES string of the molecule is CCC(C(=O)NC1CCCCC1)N(Cc1ccc(Cl)cc1)C(=O)Cc1ccc(Cl)cc1Cl. The monoisotopic (exact) mass is 494 g/mol. The maximum atomic E-state index is 13.4. The quantitative estimate of drug-likeness (QED) is 0.458. The van der Waals surface area contributed by atoms with Crippen LogP contribution in [0.5, 0.6) is 0 Å². The van der Waals surface area contributed by atoms with Crippen LogP contribution in [0.4, 0.5) is 0 Å². The van der Waals surface area contributed by atoms with Crippen LogP contribution in [0.2, 0.25) is 15.1 Å². The number of carbonyl (C=O) groups excluding carboxylic acids is 2. The molecule has 2 amide bonds. The Hall–Kier alpha value is -1.75. The van der Waals surface area contributed by atoms with Crippen molar-refractivity contribution in [1.82, 2.24) is 10.2 Å². The largest absolute Gasteiger partial charge is 0.352 e. The van der Waals surface area contributed by atoms with Crippen molar-refractivity contribution in [3.05, 3.63) is 68.7 Å². The molecule has 2 aromatic rings. The molecule has 172 valence electrons. The highest BCUT2D eigenvalue weighted by molar-refractivity contribution is 6.35. The summed E-state index contributed by atoms with van der Waals surface area (Å²) in [7, 11) is 0. The maximum Gasteiger partial charge on any atom is 0.243 e. The average Bonchev–Trinajstić information content (AvgIpc) is 2.77. The molecule has 1 aliphatic rings. The van der Waals surface area contributed by atoms with Crippen LogP contribution in [0.1, 0.15) is 56.6 Å². The molecule has 0 aromatic heterocycles. The van der Waals surface area contributed by atoms with E-state index in [2.05, 4.69) is 5.32 Å². The first-order valence-corrected chi connectivity index (χ1v) is 12.3. The summed E-state index contributed by atoms with van der Waals surface area (Å²) in [5, 5.41) is 4.77. The highest BCUT2D eigenvalue weighted by atomic mass is 35.5. The Labute approximate surface area is 205 Å². The molecule has 0 spiro atoms. The molecule has 2 aromatic carbocycles. The molecule has 0 aliphatic heterocycles. The number of nitrogens with one attached hydrogen (secondary N) is 1. The van der Waals surface area contributed by atoms with Gasteiger partial charge in [0.2, 0.25) is 11.8 Å². The van der Waals surface area contributed by atoms with E-state index in [1.807, 2.05) is 19.1 Å². The van der Waals surface area contributed by atoms with Gasteiger partial charge in [-0.1, -0.05) is 79.2 Å². The summed E-state index contributed by atoms with van der Waals surface area (Å²) >= 11 is 18.3. The van der Waals surface area contributed by atoms with Crippen molar-refractivity contribution in [2.45, 2.75) is 70.5 Å².